The number of halogens is 1. The summed E-state index contributed by atoms with van der Waals surface area (Å²) >= 11 is 0. The molecule has 0 aliphatic heterocycles. The lowest BCUT2D eigenvalue weighted by molar-refractivity contribution is -0.698. The van der Waals surface area contributed by atoms with Crippen molar-refractivity contribution in [1.29, 1.82) is 0 Å². The van der Waals surface area contributed by atoms with Gasteiger partial charge in [0.25, 0.3) is 0 Å². The van der Waals surface area contributed by atoms with Crippen molar-refractivity contribution in [1.82, 2.24) is 0 Å². The molecule has 0 radical (unpaired) electrons. The molecule has 1 aromatic carbocycles. The third-order valence-corrected chi connectivity index (χ3v) is 3.80. The van der Waals surface area contributed by atoms with Gasteiger partial charge in [-0.2, -0.15) is 0 Å². The van der Waals surface area contributed by atoms with Gasteiger partial charge in [0.15, 0.2) is 18.9 Å². The number of hydrogen-bond donors (Lipinski definition) is 1. The Labute approximate surface area is 150 Å². The van der Waals surface area contributed by atoms with Gasteiger partial charge in [0.05, 0.1) is 5.56 Å². The molecule has 0 fully saturated rings. The molecule has 6 heteroatoms. The maximum Gasteiger partial charge on any atom is 0.344 e. The molecule has 0 aliphatic carbocycles. The van der Waals surface area contributed by atoms with Crippen molar-refractivity contribution in [2.75, 3.05) is 25.6 Å². The van der Waals surface area contributed by atoms with Gasteiger partial charge in [-0.3, -0.25) is 0 Å². The Morgan fingerprint density at radius 3 is 2.46 bits per heavy atom. The SMILES string of the molecule is CN(C)c1ccc2cc(-c3cc[n+](CCO)cc3)c(=O)oc2c1.[Br-]. The first-order valence-electron chi connectivity index (χ1n) is 7.44. The minimum Gasteiger partial charge on any atom is -1.00 e. The van der Waals surface area contributed by atoms with Crippen LogP contribution in [-0.4, -0.2) is 25.8 Å². The highest BCUT2D eigenvalue weighted by atomic mass is 79.9. The van der Waals surface area contributed by atoms with Crippen LogP contribution in [0.15, 0.2) is 58.0 Å². The molecule has 24 heavy (non-hydrogen) atoms. The minimum absolute atomic E-state index is 0. The summed E-state index contributed by atoms with van der Waals surface area (Å²) in [5, 5.41) is 9.83. The standard InChI is InChI=1S/C18H19N2O3.BrH/c1-19(2)15-4-3-14-11-16(18(22)23-17(14)12-15)13-5-7-20(8-6-13)9-10-21;/h3-8,11-12,21H,9-10H2,1-2H3;1H/q+1;/p-1. The van der Waals surface area contributed by atoms with Gasteiger partial charge in [0, 0.05) is 48.9 Å². The van der Waals surface area contributed by atoms with E-state index in [4.69, 9.17) is 9.52 Å². The Hall–Kier alpha value is -2.18. The molecule has 5 nitrogen and oxygen atoms in total. The zero-order valence-corrected chi connectivity index (χ0v) is 15.2. The number of pyridine rings is 1. The maximum absolute atomic E-state index is 12.3. The number of aliphatic hydroxyl groups excluding tert-OH is 1. The summed E-state index contributed by atoms with van der Waals surface area (Å²) in [7, 11) is 3.89. The van der Waals surface area contributed by atoms with E-state index < -0.39 is 0 Å². The van der Waals surface area contributed by atoms with E-state index in [0.29, 0.717) is 17.7 Å². The van der Waals surface area contributed by atoms with E-state index in [1.165, 1.54) is 0 Å². The second-order valence-corrected chi connectivity index (χ2v) is 5.61. The molecule has 0 unspecified atom stereocenters. The van der Waals surface area contributed by atoms with Crippen molar-refractivity contribution in [2.45, 2.75) is 6.54 Å². The van der Waals surface area contributed by atoms with Crippen molar-refractivity contribution in [3.8, 4) is 11.1 Å². The first kappa shape index (κ1) is 18.2. The van der Waals surface area contributed by atoms with Gasteiger partial charge < -0.3 is 31.4 Å². The third-order valence-electron chi connectivity index (χ3n) is 3.80. The van der Waals surface area contributed by atoms with Crippen LogP contribution < -0.4 is 32.1 Å². The van der Waals surface area contributed by atoms with Crippen molar-refractivity contribution >= 4 is 16.7 Å². The smallest absolute Gasteiger partial charge is 0.344 e. The van der Waals surface area contributed by atoms with Gasteiger partial charge >= 0.3 is 5.63 Å². The summed E-state index contributed by atoms with van der Waals surface area (Å²) in [6, 6.07) is 11.4. The summed E-state index contributed by atoms with van der Waals surface area (Å²) < 4.78 is 7.34. The predicted molar refractivity (Wildman–Crippen MR) is 89.5 cm³/mol. The highest BCUT2D eigenvalue weighted by Gasteiger charge is 2.10. The van der Waals surface area contributed by atoms with Gasteiger partial charge in [-0.1, -0.05) is 0 Å². The molecule has 0 aliphatic rings. The Morgan fingerprint density at radius 1 is 1.12 bits per heavy atom. The molecule has 0 amide bonds. The summed E-state index contributed by atoms with van der Waals surface area (Å²) in [5.74, 6) is 0. The average Bonchev–Trinajstić information content (AvgIpc) is 2.55. The van der Waals surface area contributed by atoms with E-state index in [1.807, 2.05) is 72.4 Å². The molecule has 0 bridgehead atoms. The van der Waals surface area contributed by atoms with Gasteiger partial charge in [-0.15, -0.1) is 0 Å². The Morgan fingerprint density at radius 2 is 1.83 bits per heavy atom. The first-order valence-corrected chi connectivity index (χ1v) is 7.44. The molecular weight excluding hydrogens is 372 g/mol. The molecule has 1 N–H and O–H groups in total. The Bertz CT molecular complexity index is 889. The zero-order chi connectivity index (χ0) is 16.4. The van der Waals surface area contributed by atoms with Gasteiger partial charge in [0.1, 0.15) is 12.2 Å². The van der Waals surface area contributed by atoms with E-state index >= 15 is 0 Å². The second-order valence-electron chi connectivity index (χ2n) is 5.61. The lowest BCUT2D eigenvalue weighted by Crippen LogP contribution is -3.00. The summed E-state index contributed by atoms with van der Waals surface area (Å²) in [5.41, 5.74) is 2.54. The normalized spacial score (nSPS) is 10.5. The van der Waals surface area contributed by atoms with Crippen LogP contribution in [0.1, 0.15) is 0 Å². The number of benzene rings is 1. The van der Waals surface area contributed by atoms with Crippen molar-refractivity contribution in [3.63, 3.8) is 0 Å². The lowest BCUT2D eigenvalue weighted by atomic mass is 10.1. The van der Waals surface area contributed by atoms with Crippen LogP contribution in [0.4, 0.5) is 5.69 Å². The van der Waals surface area contributed by atoms with Crippen molar-refractivity contribution < 1.29 is 31.1 Å². The van der Waals surface area contributed by atoms with Crippen LogP contribution in [0.25, 0.3) is 22.1 Å². The number of fused-ring (bicyclic) bond motifs is 1. The third kappa shape index (κ3) is 3.66. The Kier molecular flexibility index (Phi) is 5.75. The molecule has 2 heterocycles. The van der Waals surface area contributed by atoms with Crippen LogP contribution in [0.5, 0.6) is 0 Å². The highest BCUT2D eigenvalue weighted by molar-refractivity contribution is 5.84. The molecule has 126 valence electrons. The predicted octanol–water partition coefficient (Wildman–Crippen LogP) is -1.19. The van der Waals surface area contributed by atoms with E-state index in [0.717, 1.165) is 16.6 Å². The number of aromatic nitrogens is 1. The first-order chi connectivity index (χ1) is 11.1. The largest absolute Gasteiger partial charge is 1.00 e. The molecular formula is C18H19BrN2O3. The quantitative estimate of drug-likeness (QED) is 0.449. The number of nitrogens with zero attached hydrogens (tertiary/aromatic N) is 2. The molecule has 0 saturated carbocycles. The zero-order valence-electron chi connectivity index (χ0n) is 13.6. The minimum atomic E-state index is -0.353. The van der Waals surface area contributed by atoms with Crippen LogP contribution in [0, 0.1) is 0 Å². The topological polar surface area (TPSA) is 57.6 Å². The highest BCUT2D eigenvalue weighted by Crippen LogP contribution is 2.23. The second kappa shape index (κ2) is 7.59. The number of anilines is 1. The fourth-order valence-electron chi connectivity index (χ4n) is 2.48. The van der Waals surface area contributed by atoms with Crippen LogP contribution in [0.2, 0.25) is 0 Å². The van der Waals surface area contributed by atoms with Crippen LogP contribution in [-0.2, 0) is 6.54 Å². The fourth-order valence-corrected chi connectivity index (χ4v) is 2.48. The van der Waals surface area contributed by atoms with Gasteiger partial charge in [-0.25, -0.2) is 9.36 Å². The molecule has 0 spiro atoms. The molecule has 0 atom stereocenters. The molecule has 0 saturated heterocycles. The van der Waals surface area contributed by atoms with E-state index in [2.05, 4.69) is 0 Å². The van der Waals surface area contributed by atoms with E-state index in [9.17, 15) is 4.79 Å². The van der Waals surface area contributed by atoms with E-state index in [1.54, 1.807) is 0 Å². The van der Waals surface area contributed by atoms with Crippen molar-refractivity contribution in [3.05, 3.63) is 59.2 Å². The molecule has 3 aromatic rings. The summed E-state index contributed by atoms with van der Waals surface area (Å²) in [6.45, 7) is 0.607. The number of rotatable bonds is 4. The van der Waals surface area contributed by atoms with Crippen LogP contribution >= 0.6 is 0 Å². The summed E-state index contributed by atoms with van der Waals surface area (Å²) in [6.07, 6.45) is 3.68. The van der Waals surface area contributed by atoms with Crippen molar-refractivity contribution in [2.24, 2.45) is 0 Å². The number of hydrogen-bond acceptors (Lipinski definition) is 4. The van der Waals surface area contributed by atoms with Gasteiger partial charge in [-0.05, 0) is 18.2 Å². The van der Waals surface area contributed by atoms with E-state index in [-0.39, 0.29) is 29.2 Å². The lowest BCUT2D eigenvalue weighted by Gasteiger charge is -2.12. The average molecular weight is 391 g/mol. The fraction of sp³-hybridized carbons (Fsp3) is 0.222. The van der Waals surface area contributed by atoms with Gasteiger partial charge in [0.2, 0.25) is 0 Å². The maximum atomic E-state index is 12.3. The van der Waals surface area contributed by atoms with Crippen LogP contribution in [0.3, 0.4) is 0 Å². The molecule has 2 aromatic heterocycles. The summed E-state index contributed by atoms with van der Waals surface area (Å²) in [4.78, 5) is 14.3. The molecule has 3 rings (SSSR count). The monoisotopic (exact) mass is 390 g/mol. The Balaban J connectivity index is 0.00000208. The number of aliphatic hydroxyl groups is 1.